The van der Waals surface area contributed by atoms with Crippen molar-refractivity contribution in [1.82, 2.24) is 0 Å². The smallest absolute Gasteiger partial charge is 0.100 e. The van der Waals surface area contributed by atoms with Gasteiger partial charge in [0.05, 0.1) is 0 Å². The molecule has 0 spiro atoms. The summed E-state index contributed by atoms with van der Waals surface area (Å²) >= 11 is 0. The first-order chi connectivity index (χ1) is 4.83. The maximum atomic E-state index is 12.5. The van der Waals surface area contributed by atoms with Crippen LogP contribution in [0.4, 0.5) is 4.39 Å². The topological polar surface area (TPSA) is 0 Å². The standard InChI is InChI=1S/C9H13F/c1-2-3-8-4-6-9(10)7-5-8/h1,8-9H,3-7H2. The summed E-state index contributed by atoms with van der Waals surface area (Å²) in [5.41, 5.74) is 0. The lowest BCUT2D eigenvalue weighted by atomic mass is 9.86. The second-order valence-corrected chi connectivity index (χ2v) is 3.03. The summed E-state index contributed by atoms with van der Waals surface area (Å²) < 4.78 is 12.5. The van der Waals surface area contributed by atoms with Crippen LogP contribution in [0.15, 0.2) is 0 Å². The molecule has 0 atom stereocenters. The van der Waals surface area contributed by atoms with E-state index in [-0.39, 0.29) is 0 Å². The van der Waals surface area contributed by atoms with Crippen molar-refractivity contribution in [2.45, 2.75) is 38.3 Å². The summed E-state index contributed by atoms with van der Waals surface area (Å²) in [4.78, 5) is 0. The first-order valence-corrected chi connectivity index (χ1v) is 3.90. The number of hydrogen-bond acceptors (Lipinski definition) is 0. The van der Waals surface area contributed by atoms with Crippen LogP contribution in [-0.2, 0) is 0 Å². The molecule has 0 aromatic rings. The van der Waals surface area contributed by atoms with Crippen molar-refractivity contribution in [1.29, 1.82) is 0 Å². The second kappa shape index (κ2) is 3.61. The van der Waals surface area contributed by atoms with Crippen LogP contribution in [0.2, 0.25) is 0 Å². The van der Waals surface area contributed by atoms with E-state index in [1.54, 1.807) is 0 Å². The highest BCUT2D eigenvalue weighted by molar-refractivity contribution is 4.88. The second-order valence-electron chi connectivity index (χ2n) is 3.03. The normalized spacial score (nSPS) is 33.2. The van der Waals surface area contributed by atoms with E-state index in [4.69, 9.17) is 6.42 Å². The van der Waals surface area contributed by atoms with Crippen molar-refractivity contribution in [2.24, 2.45) is 5.92 Å². The van der Waals surface area contributed by atoms with Crippen molar-refractivity contribution in [3.63, 3.8) is 0 Å². The van der Waals surface area contributed by atoms with Crippen LogP contribution >= 0.6 is 0 Å². The van der Waals surface area contributed by atoms with Crippen LogP contribution in [0.25, 0.3) is 0 Å². The number of terminal acetylenes is 1. The van der Waals surface area contributed by atoms with Gasteiger partial charge in [-0.1, -0.05) is 0 Å². The van der Waals surface area contributed by atoms with E-state index in [0.717, 1.165) is 32.1 Å². The Morgan fingerprint density at radius 1 is 1.30 bits per heavy atom. The number of halogens is 1. The van der Waals surface area contributed by atoms with Crippen molar-refractivity contribution in [3.8, 4) is 12.3 Å². The fourth-order valence-corrected chi connectivity index (χ4v) is 1.49. The fraction of sp³-hybridized carbons (Fsp3) is 0.778. The Balaban J connectivity index is 2.21. The van der Waals surface area contributed by atoms with Gasteiger partial charge in [0.15, 0.2) is 0 Å². The molecule has 0 aliphatic heterocycles. The number of alkyl halides is 1. The molecule has 10 heavy (non-hydrogen) atoms. The zero-order chi connectivity index (χ0) is 7.40. The molecule has 1 rings (SSSR count). The Morgan fingerprint density at radius 3 is 2.40 bits per heavy atom. The Kier molecular flexibility index (Phi) is 2.74. The molecule has 0 aromatic heterocycles. The van der Waals surface area contributed by atoms with E-state index >= 15 is 0 Å². The molecule has 0 nitrogen and oxygen atoms in total. The van der Waals surface area contributed by atoms with Crippen LogP contribution in [0, 0.1) is 18.3 Å². The molecule has 1 aliphatic carbocycles. The molecule has 1 aliphatic rings. The molecule has 0 unspecified atom stereocenters. The van der Waals surface area contributed by atoms with E-state index in [2.05, 4.69) is 5.92 Å². The molecule has 0 heterocycles. The van der Waals surface area contributed by atoms with Gasteiger partial charge in [-0.2, -0.15) is 0 Å². The minimum Gasteiger partial charge on any atom is -0.247 e. The van der Waals surface area contributed by atoms with Crippen LogP contribution in [0.5, 0.6) is 0 Å². The Labute approximate surface area is 61.8 Å². The molecular formula is C9H13F. The van der Waals surface area contributed by atoms with Gasteiger partial charge in [-0.05, 0) is 31.6 Å². The molecule has 1 saturated carbocycles. The van der Waals surface area contributed by atoms with E-state index in [0.29, 0.717) is 5.92 Å². The van der Waals surface area contributed by atoms with Crippen molar-refractivity contribution >= 4 is 0 Å². The largest absolute Gasteiger partial charge is 0.247 e. The first-order valence-electron chi connectivity index (χ1n) is 3.90. The Hall–Kier alpha value is -0.510. The minimum absolute atomic E-state index is 0.547. The lowest BCUT2D eigenvalue weighted by Gasteiger charge is -2.21. The highest BCUT2D eigenvalue weighted by Gasteiger charge is 2.19. The minimum atomic E-state index is -0.547. The Bertz CT molecular complexity index is 126. The van der Waals surface area contributed by atoms with E-state index in [9.17, 15) is 4.39 Å². The third kappa shape index (κ3) is 2.02. The molecule has 0 radical (unpaired) electrons. The van der Waals surface area contributed by atoms with Gasteiger partial charge in [-0.15, -0.1) is 12.3 Å². The zero-order valence-electron chi connectivity index (χ0n) is 6.15. The average Bonchev–Trinajstić information content (AvgIpc) is 1.95. The number of rotatable bonds is 1. The van der Waals surface area contributed by atoms with E-state index < -0.39 is 6.17 Å². The van der Waals surface area contributed by atoms with Gasteiger partial charge in [0, 0.05) is 6.42 Å². The highest BCUT2D eigenvalue weighted by Crippen LogP contribution is 2.27. The maximum Gasteiger partial charge on any atom is 0.100 e. The molecule has 56 valence electrons. The van der Waals surface area contributed by atoms with Crippen LogP contribution in [0.1, 0.15) is 32.1 Å². The fourth-order valence-electron chi connectivity index (χ4n) is 1.49. The molecule has 1 heteroatoms. The van der Waals surface area contributed by atoms with E-state index in [1.165, 1.54) is 0 Å². The van der Waals surface area contributed by atoms with Gasteiger partial charge >= 0.3 is 0 Å². The van der Waals surface area contributed by atoms with Gasteiger partial charge in [-0.25, -0.2) is 4.39 Å². The van der Waals surface area contributed by atoms with Gasteiger partial charge in [0.1, 0.15) is 6.17 Å². The summed E-state index contributed by atoms with van der Waals surface area (Å²) in [5.74, 6) is 3.24. The average molecular weight is 140 g/mol. The van der Waals surface area contributed by atoms with E-state index in [1.807, 2.05) is 0 Å². The van der Waals surface area contributed by atoms with Crippen LogP contribution < -0.4 is 0 Å². The molecule has 0 N–H and O–H groups in total. The lowest BCUT2D eigenvalue weighted by molar-refractivity contribution is 0.209. The maximum absolute atomic E-state index is 12.5. The lowest BCUT2D eigenvalue weighted by Crippen LogP contribution is -2.14. The van der Waals surface area contributed by atoms with Gasteiger partial charge in [0.2, 0.25) is 0 Å². The van der Waals surface area contributed by atoms with Gasteiger partial charge < -0.3 is 0 Å². The third-order valence-electron chi connectivity index (χ3n) is 2.18. The predicted octanol–water partition coefficient (Wildman–Crippen LogP) is 2.54. The summed E-state index contributed by atoms with van der Waals surface area (Å²) in [6.45, 7) is 0. The zero-order valence-corrected chi connectivity index (χ0v) is 6.15. The Morgan fingerprint density at radius 2 is 1.90 bits per heavy atom. The molecule has 1 fully saturated rings. The predicted molar refractivity (Wildman–Crippen MR) is 40.3 cm³/mol. The molecular weight excluding hydrogens is 127 g/mol. The van der Waals surface area contributed by atoms with Crippen LogP contribution in [-0.4, -0.2) is 6.17 Å². The van der Waals surface area contributed by atoms with Gasteiger partial charge in [-0.3, -0.25) is 0 Å². The summed E-state index contributed by atoms with van der Waals surface area (Å²) in [6, 6.07) is 0. The number of hydrogen-bond donors (Lipinski definition) is 0. The SMILES string of the molecule is C#CCC1CCC(F)CC1. The monoisotopic (exact) mass is 140 g/mol. The van der Waals surface area contributed by atoms with Crippen molar-refractivity contribution in [3.05, 3.63) is 0 Å². The first kappa shape index (κ1) is 7.60. The summed E-state index contributed by atoms with van der Waals surface area (Å²) in [7, 11) is 0. The third-order valence-corrected chi connectivity index (χ3v) is 2.18. The molecule has 0 amide bonds. The molecule has 0 aromatic carbocycles. The van der Waals surface area contributed by atoms with Crippen molar-refractivity contribution in [2.75, 3.05) is 0 Å². The summed E-state index contributed by atoms with van der Waals surface area (Å²) in [6.07, 6.45) is 8.88. The molecule has 0 saturated heterocycles. The van der Waals surface area contributed by atoms with Crippen LogP contribution in [0.3, 0.4) is 0 Å². The van der Waals surface area contributed by atoms with Gasteiger partial charge in [0.25, 0.3) is 0 Å². The quantitative estimate of drug-likeness (QED) is 0.491. The summed E-state index contributed by atoms with van der Waals surface area (Å²) in [5, 5.41) is 0. The molecule has 0 bridgehead atoms. The highest BCUT2D eigenvalue weighted by atomic mass is 19.1. The van der Waals surface area contributed by atoms with Crippen molar-refractivity contribution < 1.29 is 4.39 Å².